The predicted molar refractivity (Wildman–Crippen MR) is 75.3 cm³/mol. The summed E-state index contributed by atoms with van der Waals surface area (Å²) in [5.74, 6) is -0.863. The number of nitrogens with two attached hydrogens (primary N) is 1. The Morgan fingerprint density at radius 2 is 2.30 bits per heavy atom. The number of hydrogen-bond donors (Lipinski definition) is 2. The minimum absolute atomic E-state index is 0.0160. The molecule has 0 aromatic heterocycles. The van der Waals surface area contributed by atoms with Crippen molar-refractivity contribution in [1.82, 2.24) is 0 Å². The zero-order valence-electron chi connectivity index (χ0n) is 11.5. The lowest BCUT2D eigenvalue weighted by molar-refractivity contribution is -0.139. The van der Waals surface area contributed by atoms with Gasteiger partial charge in [-0.15, -0.1) is 0 Å². The molecule has 5 nitrogen and oxygen atoms in total. The maximum Gasteiger partial charge on any atom is 0.488 e. The van der Waals surface area contributed by atoms with Crippen LogP contribution in [0.25, 0.3) is 0 Å². The zero-order chi connectivity index (χ0) is 14.5. The van der Waals surface area contributed by atoms with Crippen LogP contribution in [0, 0.1) is 6.92 Å². The molecule has 0 saturated carbocycles. The van der Waals surface area contributed by atoms with Crippen molar-refractivity contribution in [3.8, 4) is 0 Å². The third kappa shape index (κ3) is 3.59. The van der Waals surface area contributed by atoms with E-state index in [-0.39, 0.29) is 18.6 Å². The number of hydrogen-bond acceptors (Lipinski definition) is 4. The monoisotopic (exact) mass is 276 g/mol. The first kappa shape index (κ1) is 15.0. The molecule has 3 N–H and O–H groups in total. The molecule has 1 aromatic carbocycles. The smallest absolute Gasteiger partial charge is 0.481 e. The second kappa shape index (κ2) is 6.88. The molecule has 0 bridgehead atoms. The Balaban J connectivity index is 2.14. The summed E-state index contributed by atoms with van der Waals surface area (Å²) >= 11 is 0. The molecular formula is C14H19BNO4. The third-order valence-electron chi connectivity index (χ3n) is 3.60. The molecule has 1 heterocycles. The van der Waals surface area contributed by atoms with Crippen molar-refractivity contribution in [3.05, 3.63) is 34.9 Å². The van der Waals surface area contributed by atoms with E-state index in [1.165, 1.54) is 13.2 Å². The van der Waals surface area contributed by atoms with E-state index in [0.717, 1.165) is 17.5 Å². The predicted octanol–water partition coefficient (Wildman–Crippen LogP) is 1.35. The molecular weight excluding hydrogens is 257 g/mol. The molecule has 1 aliphatic rings. The van der Waals surface area contributed by atoms with E-state index >= 15 is 0 Å². The van der Waals surface area contributed by atoms with Crippen molar-refractivity contribution in [1.29, 1.82) is 0 Å². The van der Waals surface area contributed by atoms with Crippen molar-refractivity contribution in [2.75, 3.05) is 6.54 Å². The maximum absolute atomic E-state index is 10.8. The van der Waals surface area contributed by atoms with Gasteiger partial charge in [0.15, 0.2) is 0 Å². The van der Waals surface area contributed by atoms with E-state index < -0.39 is 5.97 Å². The van der Waals surface area contributed by atoms with Gasteiger partial charge in [-0.3, -0.25) is 4.79 Å². The van der Waals surface area contributed by atoms with Gasteiger partial charge in [-0.05, 0) is 36.6 Å². The number of rotatable bonds is 5. The van der Waals surface area contributed by atoms with Crippen LogP contribution in [-0.4, -0.2) is 31.4 Å². The molecule has 2 atom stereocenters. The van der Waals surface area contributed by atoms with Gasteiger partial charge in [-0.2, -0.15) is 0 Å². The van der Waals surface area contributed by atoms with Gasteiger partial charge in [0.2, 0.25) is 0 Å². The first-order valence-electron chi connectivity index (χ1n) is 6.74. The van der Waals surface area contributed by atoms with Crippen LogP contribution in [0.4, 0.5) is 0 Å². The van der Waals surface area contributed by atoms with Crippen LogP contribution in [0.5, 0.6) is 0 Å². The Hall–Kier alpha value is -1.37. The summed E-state index contributed by atoms with van der Waals surface area (Å²) in [6.07, 6.45) is 0.841. The molecule has 1 fully saturated rings. The highest BCUT2D eigenvalue weighted by atomic mass is 16.6. The first-order chi connectivity index (χ1) is 9.61. The molecule has 0 spiro atoms. The molecule has 2 unspecified atom stereocenters. The summed E-state index contributed by atoms with van der Waals surface area (Å²) < 4.78 is 10.7. The topological polar surface area (TPSA) is 81.8 Å². The Labute approximate surface area is 119 Å². The molecule has 6 heteroatoms. The fourth-order valence-corrected chi connectivity index (χ4v) is 2.53. The van der Waals surface area contributed by atoms with Gasteiger partial charge in [-0.1, -0.05) is 18.2 Å². The Morgan fingerprint density at radius 3 is 3.00 bits per heavy atom. The fraction of sp³-hybridized carbons (Fsp3) is 0.500. The lowest BCUT2D eigenvalue weighted by Gasteiger charge is -2.30. The summed E-state index contributed by atoms with van der Waals surface area (Å²) in [5, 5.41) is 8.84. The number of aliphatic carboxylic acids is 1. The molecule has 1 aliphatic heterocycles. The summed E-state index contributed by atoms with van der Waals surface area (Å²) in [4.78, 5) is 10.8. The lowest BCUT2D eigenvalue weighted by atomic mass is 9.91. The van der Waals surface area contributed by atoms with Crippen molar-refractivity contribution >= 4 is 13.7 Å². The number of carboxylic acid groups (broad SMARTS) is 1. The highest BCUT2D eigenvalue weighted by Crippen LogP contribution is 2.31. The normalized spacial score (nSPS) is 22.3. The Bertz CT molecular complexity index is 480. The van der Waals surface area contributed by atoms with Crippen LogP contribution < -0.4 is 5.73 Å². The van der Waals surface area contributed by atoms with Crippen LogP contribution in [-0.2, 0) is 20.5 Å². The average molecular weight is 276 g/mol. The van der Waals surface area contributed by atoms with Crippen molar-refractivity contribution in [2.45, 2.75) is 38.4 Å². The van der Waals surface area contributed by atoms with Gasteiger partial charge >= 0.3 is 13.7 Å². The summed E-state index contributed by atoms with van der Waals surface area (Å²) in [5.41, 5.74) is 9.05. The fourth-order valence-electron chi connectivity index (χ4n) is 2.53. The first-order valence-corrected chi connectivity index (χ1v) is 6.74. The number of carboxylic acids is 1. The van der Waals surface area contributed by atoms with Crippen LogP contribution in [0.2, 0.25) is 0 Å². The van der Waals surface area contributed by atoms with Crippen LogP contribution in [0.1, 0.15) is 35.6 Å². The van der Waals surface area contributed by atoms with Crippen LogP contribution in [0.3, 0.4) is 0 Å². The van der Waals surface area contributed by atoms with E-state index in [0.29, 0.717) is 13.0 Å². The van der Waals surface area contributed by atoms with Crippen molar-refractivity contribution in [2.24, 2.45) is 5.73 Å². The molecule has 20 heavy (non-hydrogen) atoms. The minimum atomic E-state index is -0.863. The second-order valence-corrected chi connectivity index (χ2v) is 4.98. The lowest BCUT2D eigenvalue weighted by Crippen LogP contribution is -2.31. The third-order valence-corrected chi connectivity index (χ3v) is 3.60. The second-order valence-electron chi connectivity index (χ2n) is 4.98. The molecule has 107 valence electrons. The minimum Gasteiger partial charge on any atom is -0.481 e. The van der Waals surface area contributed by atoms with Crippen LogP contribution >= 0.6 is 0 Å². The Morgan fingerprint density at radius 1 is 1.50 bits per heavy atom. The molecule has 1 saturated heterocycles. The average Bonchev–Trinajstić information content (AvgIpc) is 2.41. The van der Waals surface area contributed by atoms with Gasteiger partial charge in [0.25, 0.3) is 0 Å². The van der Waals surface area contributed by atoms with Gasteiger partial charge < -0.3 is 20.1 Å². The van der Waals surface area contributed by atoms with E-state index in [9.17, 15) is 4.79 Å². The molecule has 1 radical (unpaired) electrons. The van der Waals surface area contributed by atoms with Gasteiger partial charge in [-0.25, -0.2) is 0 Å². The standard InChI is InChI=1S/C14H19BNO4/c1-9-10(5-6-16)3-2-4-12(9)13-7-11(8-14(17)18)19-15-20-13/h2-4,11,13H,5-8,16H2,1H3,(H,17,18). The Kier molecular flexibility index (Phi) is 5.17. The van der Waals surface area contributed by atoms with Gasteiger partial charge in [0.05, 0.1) is 18.6 Å². The zero-order valence-corrected chi connectivity index (χ0v) is 11.5. The molecule has 0 aliphatic carbocycles. The number of benzene rings is 1. The molecule has 1 aromatic rings. The summed E-state index contributed by atoms with van der Waals surface area (Å²) in [7, 11) is 1.26. The van der Waals surface area contributed by atoms with Gasteiger partial charge in [0, 0.05) is 6.42 Å². The highest BCUT2D eigenvalue weighted by Gasteiger charge is 2.28. The molecule has 2 rings (SSSR count). The van der Waals surface area contributed by atoms with E-state index in [2.05, 4.69) is 6.07 Å². The summed E-state index contributed by atoms with van der Waals surface area (Å²) in [6, 6.07) is 6.05. The van der Waals surface area contributed by atoms with E-state index in [4.69, 9.17) is 20.1 Å². The van der Waals surface area contributed by atoms with Crippen molar-refractivity contribution in [3.63, 3.8) is 0 Å². The molecule has 0 amide bonds. The largest absolute Gasteiger partial charge is 0.488 e. The van der Waals surface area contributed by atoms with Crippen molar-refractivity contribution < 1.29 is 19.2 Å². The van der Waals surface area contributed by atoms with E-state index in [1.807, 2.05) is 19.1 Å². The van der Waals surface area contributed by atoms with Crippen LogP contribution in [0.15, 0.2) is 18.2 Å². The van der Waals surface area contributed by atoms with E-state index in [1.54, 1.807) is 0 Å². The SMILES string of the molecule is Cc1c(CCN)cccc1C1CC(CC(=O)O)O[B]O1. The number of carbonyl (C=O) groups is 1. The quantitative estimate of drug-likeness (QED) is 0.793. The van der Waals surface area contributed by atoms with Gasteiger partial charge in [0.1, 0.15) is 0 Å². The summed E-state index contributed by atoms with van der Waals surface area (Å²) in [6.45, 7) is 2.65. The highest BCUT2D eigenvalue weighted by molar-refractivity contribution is 6.18. The maximum atomic E-state index is 10.8.